The topological polar surface area (TPSA) is 43.1 Å². The van der Waals surface area contributed by atoms with Crippen LogP contribution in [0.5, 0.6) is 0 Å². The lowest BCUT2D eigenvalue weighted by Crippen LogP contribution is -1.84. The summed E-state index contributed by atoms with van der Waals surface area (Å²) in [6.45, 7) is 0. The Morgan fingerprint density at radius 3 is 2.85 bits per heavy atom. The van der Waals surface area contributed by atoms with Crippen LogP contribution >= 0.6 is 24.0 Å². The molecule has 0 aliphatic heterocycles. The van der Waals surface area contributed by atoms with Crippen molar-refractivity contribution in [2.75, 3.05) is 5.73 Å². The van der Waals surface area contributed by atoms with Gasteiger partial charge in [-0.15, -0.1) is 24.0 Å². The Morgan fingerprint density at radius 2 is 2.15 bits per heavy atom. The van der Waals surface area contributed by atoms with Crippen LogP contribution in [-0.2, 0) is 0 Å². The Hall–Kier alpha value is -1.00. The summed E-state index contributed by atoms with van der Waals surface area (Å²) in [5.41, 5.74) is 6.44. The third kappa shape index (κ3) is 1.43. The fourth-order valence-electron chi connectivity index (χ4n) is 1.23. The molecule has 0 saturated heterocycles. The van der Waals surface area contributed by atoms with Crippen LogP contribution in [0.2, 0.25) is 0 Å². The quantitative estimate of drug-likeness (QED) is 0.430. The number of thiol groups is 1. The summed E-state index contributed by atoms with van der Waals surface area (Å²) in [5, 5.41) is 0.935. The van der Waals surface area contributed by atoms with E-state index in [0.717, 1.165) is 21.3 Å². The summed E-state index contributed by atoms with van der Waals surface area (Å²) in [6.07, 6.45) is 0.836. The average molecular weight is 209 g/mol. The van der Waals surface area contributed by atoms with Crippen molar-refractivity contribution >= 4 is 46.0 Å². The SMILES string of the molecule is Nc1cc(S)cc2sc(C=O)cc12. The van der Waals surface area contributed by atoms with Crippen molar-refractivity contribution in [1.29, 1.82) is 0 Å². The third-order valence-electron chi connectivity index (χ3n) is 1.79. The summed E-state index contributed by atoms with van der Waals surface area (Å²) >= 11 is 5.64. The number of rotatable bonds is 1. The molecule has 2 rings (SSSR count). The second-order valence-corrected chi connectivity index (χ2v) is 4.35. The first-order chi connectivity index (χ1) is 6.20. The predicted molar refractivity (Wildman–Crippen MR) is 58.9 cm³/mol. The number of hydrogen-bond donors (Lipinski definition) is 2. The summed E-state index contributed by atoms with van der Waals surface area (Å²) in [4.78, 5) is 12.0. The Labute approximate surface area is 84.8 Å². The average Bonchev–Trinajstić information content (AvgIpc) is 2.47. The predicted octanol–water partition coefficient (Wildman–Crippen LogP) is 2.58. The Bertz CT molecular complexity index is 476. The first kappa shape index (κ1) is 8.59. The molecule has 0 aliphatic carbocycles. The maximum Gasteiger partial charge on any atom is 0.160 e. The molecule has 1 aromatic carbocycles. The van der Waals surface area contributed by atoms with Crippen LogP contribution in [0.3, 0.4) is 0 Å². The summed E-state index contributed by atoms with van der Waals surface area (Å²) in [7, 11) is 0. The van der Waals surface area contributed by atoms with Crippen molar-refractivity contribution in [1.82, 2.24) is 0 Å². The molecule has 0 fully saturated rings. The largest absolute Gasteiger partial charge is 0.398 e. The smallest absolute Gasteiger partial charge is 0.160 e. The Morgan fingerprint density at radius 1 is 1.38 bits per heavy atom. The maximum atomic E-state index is 10.5. The van der Waals surface area contributed by atoms with E-state index >= 15 is 0 Å². The molecule has 0 unspecified atom stereocenters. The highest BCUT2D eigenvalue weighted by Crippen LogP contribution is 2.31. The van der Waals surface area contributed by atoms with Gasteiger partial charge in [0.05, 0.1) is 4.88 Å². The van der Waals surface area contributed by atoms with Crippen LogP contribution in [0.1, 0.15) is 9.67 Å². The number of fused-ring (bicyclic) bond motifs is 1. The fraction of sp³-hybridized carbons (Fsp3) is 0. The number of nitrogens with two attached hydrogens (primary N) is 1. The van der Waals surface area contributed by atoms with Crippen molar-refractivity contribution in [2.24, 2.45) is 0 Å². The van der Waals surface area contributed by atoms with Crippen molar-refractivity contribution in [3.8, 4) is 0 Å². The Kier molecular flexibility index (Phi) is 2.01. The molecule has 66 valence electrons. The molecule has 0 saturated carbocycles. The lowest BCUT2D eigenvalue weighted by Gasteiger charge is -1.96. The first-order valence-corrected chi connectivity index (χ1v) is 4.94. The minimum absolute atomic E-state index is 0.673. The van der Waals surface area contributed by atoms with Gasteiger partial charge in [0.25, 0.3) is 0 Å². The second kappa shape index (κ2) is 3.05. The van der Waals surface area contributed by atoms with Crippen LogP contribution in [0.4, 0.5) is 5.69 Å². The van der Waals surface area contributed by atoms with Crippen LogP contribution in [-0.4, -0.2) is 6.29 Å². The monoisotopic (exact) mass is 209 g/mol. The zero-order chi connectivity index (χ0) is 9.42. The molecular formula is C9H7NOS2. The van der Waals surface area contributed by atoms with E-state index in [1.54, 1.807) is 12.1 Å². The number of thiophene rings is 1. The molecule has 0 radical (unpaired) electrons. The third-order valence-corrected chi connectivity index (χ3v) is 3.06. The zero-order valence-corrected chi connectivity index (χ0v) is 8.36. The van der Waals surface area contributed by atoms with Crippen molar-refractivity contribution in [3.63, 3.8) is 0 Å². The minimum atomic E-state index is 0.673. The molecule has 2 aromatic rings. The van der Waals surface area contributed by atoms with Crippen molar-refractivity contribution < 1.29 is 4.79 Å². The van der Waals surface area contributed by atoms with E-state index in [2.05, 4.69) is 12.6 Å². The molecule has 2 nitrogen and oxygen atoms in total. The molecule has 1 heterocycles. The Balaban J connectivity index is 2.82. The summed E-state index contributed by atoms with van der Waals surface area (Å²) in [6, 6.07) is 5.49. The number of nitrogen functional groups attached to an aromatic ring is 1. The van der Waals surface area contributed by atoms with E-state index in [1.165, 1.54) is 11.3 Å². The van der Waals surface area contributed by atoms with Gasteiger partial charge < -0.3 is 5.73 Å². The highest BCUT2D eigenvalue weighted by molar-refractivity contribution is 7.80. The van der Waals surface area contributed by atoms with Gasteiger partial charge in [-0.25, -0.2) is 0 Å². The molecule has 0 bridgehead atoms. The minimum Gasteiger partial charge on any atom is -0.398 e. The van der Waals surface area contributed by atoms with E-state index in [-0.39, 0.29) is 0 Å². The standard InChI is InChI=1S/C9H7NOS2/c10-8-1-5(12)2-9-7(8)3-6(4-11)13-9/h1-4,12H,10H2. The van der Waals surface area contributed by atoms with Crippen LogP contribution in [0, 0.1) is 0 Å². The van der Waals surface area contributed by atoms with Crippen molar-refractivity contribution in [2.45, 2.75) is 4.90 Å². The maximum absolute atomic E-state index is 10.5. The number of carbonyl (C=O) groups is 1. The lowest BCUT2D eigenvalue weighted by atomic mass is 10.2. The van der Waals surface area contributed by atoms with Gasteiger partial charge in [0.15, 0.2) is 6.29 Å². The highest BCUT2D eigenvalue weighted by Gasteiger charge is 2.04. The molecule has 0 amide bonds. The van der Waals surface area contributed by atoms with Gasteiger partial charge in [-0.05, 0) is 18.2 Å². The number of hydrogen-bond acceptors (Lipinski definition) is 4. The summed E-state index contributed by atoms with van der Waals surface area (Å²) in [5.74, 6) is 0. The van der Waals surface area contributed by atoms with E-state index in [1.807, 2.05) is 6.07 Å². The van der Waals surface area contributed by atoms with Gasteiger partial charge in [-0.2, -0.15) is 0 Å². The van der Waals surface area contributed by atoms with E-state index in [0.29, 0.717) is 10.6 Å². The van der Waals surface area contributed by atoms with Gasteiger partial charge in [-0.1, -0.05) is 0 Å². The van der Waals surface area contributed by atoms with Crippen LogP contribution in [0.25, 0.3) is 10.1 Å². The summed E-state index contributed by atoms with van der Waals surface area (Å²) < 4.78 is 1.01. The van der Waals surface area contributed by atoms with E-state index in [4.69, 9.17) is 5.73 Å². The molecule has 13 heavy (non-hydrogen) atoms. The zero-order valence-electron chi connectivity index (χ0n) is 6.65. The molecule has 2 N–H and O–H groups in total. The number of benzene rings is 1. The first-order valence-electron chi connectivity index (χ1n) is 3.68. The van der Waals surface area contributed by atoms with Gasteiger partial charge >= 0.3 is 0 Å². The molecule has 0 atom stereocenters. The van der Waals surface area contributed by atoms with E-state index in [9.17, 15) is 4.79 Å². The van der Waals surface area contributed by atoms with Crippen LogP contribution < -0.4 is 5.73 Å². The number of aldehydes is 1. The van der Waals surface area contributed by atoms with Gasteiger partial charge in [0.2, 0.25) is 0 Å². The highest BCUT2D eigenvalue weighted by atomic mass is 32.1. The van der Waals surface area contributed by atoms with E-state index < -0.39 is 0 Å². The molecule has 1 aromatic heterocycles. The van der Waals surface area contributed by atoms with Crippen LogP contribution in [0.15, 0.2) is 23.1 Å². The van der Waals surface area contributed by atoms with Gasteiger partial charge in [-0.3, -0.25) is 4.79 Å². The normalized spacial score (nSPS) is 10.5. The molecular weight excluding hydrogens is 202 g/mol. The molecule has 0 spiro atoms. The van der Waals surface area contributed by atoms with Crippen molar-refractivity contribution in [3.05, 3.63) is 23.1 Å². The molecule has 0 aliphatic rings. The molecule has 4 heteroatoms. The number of anilines is 1. The number of carbonyl (C=O) groups excluding carboxylic acids is 1. The fourth-order valence-corrected chi connectivity index (χ4v) is 2.54. The van der Waals surface area contributed by atoms with Gasteiger partial charge in [0.1, 0.15) is 0 Å². The van der Waals surface area contributed by atoms with Gasteiger partial charge in [0, 0.05) is 20.7 Å². The lowest BCUT2D eigenvalue weighted by molar-refractivity contribution is 0.112. The second-order valence-electron chi connectivity index (χ2n) is 2.71.